The molecule has 0 fully saturated rings. The summed E-state index contributed by atoms with van der Waals surface area (Å²) in [5.74, 6) is -0.0479. The molecule has 0 amide bonds. The van der Waals surface area contributed by atoms with Gasteiger partial charge < -0.3 is 10.2 Å². The fraction of sp³-hybridized carbons (Fsp3) is 0.349. The first-order valence-corrected chi connectivity index (χ1v) is 17.2. The molecule has 0 radical (unpaired) electrons. The van der Waals surface area contributed by atoms with Crippen molar-refractivity contribution in [3.63, 3.8) is 0 Å². The minimum atomic E-state index is -0.381. The molecular weight excluding hydrogens is 608 g/mol. The molecule has 0 aliphatic heterocycles. The van der Waals surface area contributed by atoms with E-state index in [1.54, 1.807) is 0 Å². The Morgan fingerprint density at radius 1 is 0.633 bits per heavy atom. The summed E-state index contributed by atoms with van der Waals surface area (Å²) in [7, 11) is 0. The smallest absolute Gasteiger partial charge is 0.168 e. The zero-order chi connectivity index (χ0) is 34.9. The van der Waals surface area contributed by atoms with E-state index in [4.69, 9.17) is 9.98 Å². The van der Waals surface area contributed by atoms with Gasteiger partial charge in [0.15, 0.2) is 11.6 Å². The van der Waals surface area contributed by atoms with Crippen molar-refractivity contribution in [3.05, 3.63) is 119 Å². The summed E-state index contributed by atoms with van der Waals surface area (Å²) in [6.45, 7) is 10.1. The molecule has 4 aromatic carbocycles. The van der Waals surface area contributed by atoms with Crippen LogP contribution in [0.15, 0.2) is 118 Å². The van der Waals surface area contributed by atoms with Crippen molar-refractivity contribution in [2.24, 2.45) is 20.8 Å². The highest BCUT2D eigenvalue weighted by Gasteiger charge is 2.36. The number of aliphatic hydroxyl groups excluding tert-OH is 2. The summed E-state index contributed by atoms with van der Waals surface area (Å²) in [6.07, 6.45) is 2.22. The number of allylic oxidation sites excluding steroid dienone is 4. The maximum atomic E-state index is 13.6. The van der Waals surface area contributed by atoms with Gasteiger partial charge in [0, 0.05) is 38.5 Å². The topological polar surface area (TPSA) is 99.3 Å². The van der Waals surface area contributed by atoms with Crippen molar-refractivity contribution in [2.45, 2.75) is 79.2 Å². The molecular formula is C43H46N2O4. The Labute approximate surface area is 289 Å². The largest absolute Gasteiger partial charge is 0.511 e. The van der Waals surface area contributed by atoms with Gasteiger partial charge in [0.05, 0.1) is 35.2 Å². The number of hydrogen-bond acceptors (Lipinski definition) is 6. The highest BCUT2D eigenvalue weighted by molar-refractivity contribution is 6.25. The van der Waals surface area contributed by atoms with Gasteiger partial charge in [-0.1, -0.05) is 113 Å². The van der Waals surface area contributed by atoms with Crippen LogP contribution in [0.4, 0.5) is 0 Å². The number of Topliss-reactive ketones (excluding diaryl/α,β-unsaturated/α-hetero) is 2. The molecule has 6 rings (SSSR count). The molecule has 2 aliphatic carbocycles. The average Bonchev–Trinajstić information content (AvgIpc) is 3.02. The van der Waals surface area contributed by atoms with Crippen molar-refractivity contribution in [2.75, 3.05) is 6.54 Å². The number of nitrogens with zero attached hydrogens (tertiary/aromatic N) is 2. The van der Waals surface area contributed by atoms with Crippen LogP contribution < -0.4 is 0 Å². The van der Waals surface area contributed by atoms with Gasteiger partial charge in [-0.2, -0.15) is 0 Å². The summed E-state index contributed by atoms with van der Waals surface area (Å²) in [5, 5.41) is 26.9. The van der Waals surface area contributed by atoms with E-state index in [-0.39, 0.29) is 46.5 Å². The number of aliphatic imine (C=N–C) groups is 2. The first-order chi connectivity index (χ1) is 23.3. The van der Waals surface area contributed by atoms with Crippen LogP contribution in [0, 0.1) is 10.8 Å². The second kappa shape index (κ2) is 13.6. The van der Waals surface area contributed by atoms with E-state index in [0.717, 1.165) is 32.7 Å². The van der Waals surface area contributed by atoms with Crippen LogP contribution in [0.25, 0.3) is 21.5 Å². The number of fused-ring (bicyclic) bond motifs is 2. The number of rotatable bonds is 9. The van der Waals surface area contributed by atoms with E-state index in [9.17, 15) is 19.8 Å². The van der Waals surface area contributed by atoms with E-state index in [2.05, 4.69) is 36.4 Å². The molecule has 2 N–H and O–H groups in total. The Kier molecular flexibility index (Phi) is 9.43. The van der Waals surface area contributed by atoms with Crippen LogP contribution in [0.3, 0.4) is 0 Å². The third kappa shape index (κ3) is 7.59. The summed E-state index contributed by atoms with van der Waals surface area (Å²) < 4.78 is 0. The maximum absolute atomic E-state index is 13.6. The van der Waals surface area contributed by atoms with E-state index in [1.165, 1.54) is 0 Å². The van der Waals surface area contributed by atoms with E-state index in [1.807, 2.05) is 83.1 Å². The molecule has 0 saturated heterocycles. The molecule has 1 unspecified atom stereocenters. The molecule has 49 heavy (non-hydrogen) atoms. The van der Waals surface area contributed by atoms with Crippen molar-refractivity contribution < 1.29 is 19.8 Å². The summed E-state index contributed by atoms with van der Waals surface area (Å²) in [6, 6.07) is 28.1. The minimum Gasteiger partial charge on any atom is -0.511 e. The SMILES string of the molecule is CC(CN=C(Cc1cccc2ccccc12)C1=C(O)CC(C)(C)CC1=O)N=C(Cc1cccc2ccccc12)C1=C(O)CC(C)(C)CC1=O. The molecule has 0 saturated carbocycles. The van der Waals surface area contributed by atoms with Crippen LogP contribution in [-0.4, -0.2) is 45.8 Å². The molecule has 0 heterocycles. The fourth-order valence-corrected chi connectivity index (χ4v) is 7.46. The van der Waals surface area contributed by atoms with Gasteiger partial charge >= 0.3 is 0 Å². The van der Waals surface area contributed by atoms with Crippen LogP contribution >= 0.6 is 0 Å². The summed E-state index contributed by atoms with van der Waals surface area (Å²) >= 11 is 0. The van der Waals surface area contributed by atoms with Gasteiger partial charge in [-0.3, -0.25) is 19.6 Å². The number of carbonyl (C=O) groups excluding carboxylic acids is 2. The summed E-state index contributed by atoms with van der Waals surface area (Å²) in [5.41, 5.74) is 3.09. The molecule has 0 spiro atoms. The molecule has 2 aliphatic rings. The molecule has 6 nitrogen and oxygen atoms in total. The van der Waals surface area contributed by atoms with Gasteiger partial charge in [0.25, 0.3) is 0 Å². The Bertz CT molecular complexity index is 2070. The summed E-state index contributed by atoms with van der Waals surface area (Å²) in [4.78, 5) is 37.3. The van der Waals surface area contributed by atoms with E-state index in [0.29, 0.717) is 61.1 Å². The zero-order valence-corrected chi connectivity index (χ0v) is 29.2. The Hall–Kier alpha value is -4.84. The Morgan fingerprint density at radius 2 is 1.06 bits per heavy atom. The van der Waals surface area contributed by atoms with Crippen molar-refractivity contribution in [1.29, 1.82) is 0 Å². The van der Waals surface area contributed by atoms with Crippen molar-refractivity contribution in [1.82, 2.24) is 0 Å². The van der Waals surface area contributed by atoms with Gasteiger partial charge in [-0.05, 0) is 50.4 Å². The molecule has 252 valence electrons. The Morgan fingerprint density at radius 3 is 1.55 bits per heavy atom. The third-order valence-electron chi connectivity index (χ3n) is 9.68. The molecule has 1 atom stereocenters. The van der Waals surface area contributed by atoms with Crippen LogP contribution in [0.1, 0.15) is 71.4 Å². The fourth-order valence-electron chi connectivity index (χ4n) is 7.46. The number of carbonyl (C=O) groups is 2. The van der Waals surface area contributed by atoms with Crippen LogP contribution in [0.2, 0.25) is 0 Å². The number of aliphatic hydroxyl groups is 2. The highest BCUT2D eigenvalue weighted by atomic mass is 16.3. The van der Waals surface area contributed by atoms with Crippen molar-refractivity contribution >= 4 is 44.5 Å². The van der Waals surface area contributed by atoms with Gasteiger partial charge in [-0.25, -0.2) is 0 Å². The molecule has 0 bridgehead atoms. The predicted molar refractivity (Wildman–Crippen MR) is 200 cm³/mol. The van der Waals surface area contributed by atoms with E-state index >= 15 is 0 Å². The van der Waals surface area contributed by atoms with Gasteiger partial charge in [-0.15, -0.1) is 0 Å². The lowest BCUT2D eigenvalue weighted by atomic mass is 9.75. The lowest BCUT2D eigenvalue weighted by Gasteiger charge is -2.30. The average molecular weight is 655 g/mol. The second-order valence-corrected chi connectivity index (χ2v) is 15.4. The molecule has 0 aromatic heterocycles. The van der Waals surface area contributed by atoms with Gasteiger partial charge in [0.1, 0.15) is 11.5 Å². The maximum Gasteiger partial charge on any atom is 0.168 e. The van der Waals surface area contributed by atoms with Crippen molar-refractivity contribution in [3.8, 4) is 0 Å². The van der Waals surface area contributed by atoms with Gasteiger partial charge in [0.2, 0.25) is 0 Å². The number of benzene rings is 4. The van der Waals surface area contributed by atoms with Crippen LogP contribution in [0.5, 0.6) is 0 Å². The van der Waals surface area contributed by atoms with Crippen LogP contribution in [-0.2, 0) is 22.4 Å². The minimum absolute atomic E-state index is 0.0816. The predicted octanol–water partition coefficient (Wildman–Crippen LogP) is 9.45. The first-order valence-electron chi connectivity index (χ1n) is 17.2. The number of ketones is 2. The normalized spacial score (nSPS) is 19.2. The highest BCUT2D eigenvalue weighted by Crippen LogP contribution is 2.38. The monoisotopic (exact) mass is 654 g/mol. The molecule has 4 aromatic rings. The first kappa shape index (κ1) is 34.0. The second-order valence-electron chi connectivity index (χ2n) is 15.4. The standard InChI is InChI=1S/C43H46N2O4/c1-27(45-35(41-38(48)24-43(4,5)25-39(41)49)21-31-17-11-15-29-13-7-9-19-33(29)31)26-44-34(40-36(46)22-42(2,3)23-37(40)47)20-30-16-10-14-28-12-6-8-18-32(28)30/h6-19,27,46,48H,20-26H2,1-5H3. The molecule has 6 heteroatoms. The van der Waals surface area contributed by atoms with E-state index < -0.39 is 0 Å². The lowest BCUT2D eigenvalue weighted by molar-refractivity contribution is -0.118. The lowest BCUT2D eigenvalue weighted by Crippen LogP contribution is -2.31. The quantitative estimate of drug-likeness (QED) is 0.176. The zero-order valence-electron chi connectivity index (χ0n) is 29.2. The number of hydrogen-bond donors (Lipinski definition) is 2. The third-order valence-corrected chi connectivity index (χ3v) is 9.68. The Balaban J connectivity index is 1.40.